The van der Waals surface area contributed by atoms with Crippen LogP contribution in [0.4, 0.5) is 18.9 Å². The molecule has 3 aromatic carbocycles. The number of nitrogens with one attached hydrogen (secondary N) is 1. The smallest absolute Gasteiger partial charge is 0.489 e. The van der Waals surface area contributed by atoms with E-state index in [1.807, 2.05) is 48.5 Å². The first kappa shape index (κ1) is 24.1. The summed E-state index contributed by atoms with van der Waals surface area (Å²) in [6.45, 7) is 0.403. The summed E-state index contributed by atoms with van der Waals surface area (Å²) < 4.78 is 68.3. The number of ether oxygens (including phenoxy) is 1. The third kappa shape index (κ3) is 5.53. The normalized spacial score (nSPS) is 18.2. The van der Waals surface area contributed by atoms with Crippen LogP contribution in [-0.4, -0.2) is 19.0 Å². The Kier molecular flexibility index (Phi) is 6.86. The summed E-state index contributed by atoms with van der Waals surface area (Å²) >= 11 is 0. The number of aryl methyl sites for hydroxylation is 1. The zero-order valence-corrected chi connectivity index (χ0v) is 18.9. The first-order chi connectivity index (χ1) is 16.1. The maximum absolute atomic E-state index is 12.7. The molecular weight excluding hydrogens is 467 g/mol. The summed E-state index contributed by atoms with van der Waals surface area (Å²) in [5.74, 6) is 0.470. The van der Waals surface area contributed by atoms with Gasteiger partial charge in [0.15, 0.2) is 0 Å². The van der Waals surface area contributed by atoms with E-state index in [4.69, 9.17) is 4.74 Å². The Labute approximate surface area is 196 Å². The first-order valence-corrected chi connectivity index (χ1v) is 12.3. The molecule has 0 saturated heterocycles. The van der Waals surface area contributed by atoms with Gasteiger partial charge in [0, 0.05) is 5.69 Å². The van der Waals surface area contributed by atoms with Gasteiger partial charge in [-0.1, -0.05) is 48.5 Å². The fourth-order valence-corrected chi connectivity index (χ4v) is 4.70. The van der Waals surface area contributed by atoms with E-state index in [0.29, 0.717) is 30.8 Å². The van der Waals surface area contributed by atoms with Gasteiger partial charge < -0.3 is 9.84 Å². The van der Waals surface area contributed by atoms with Crippen molar-refractivity contribution in [3.8, 4) is 5.75 Å². The topological polar surface area (TPSA) is 75.6 Å². The standard InChI is InChI=1S/C25H24F3NO4S/c26-25(27,28)34(31,32)29-21-8-4-7-18(14-21)13-20-10-9-19-11-12-22(15-23(19)24(20)30)33-16-17-5-2-1-3-6-17/h1-8,11-12,14-15,20,24,29-30H,9-10,13,16H2. The number of benzene rings is 3. The number of halogens is 3. The van der Waals surface area contributed by atoms with Crippen molar-refractivity contribution in [2.75, 3.05) is 4.72 Å². The molecule has 1 aliphatic carbocycles. The zero-order valence-electron chi connectivity index (χ0n) is 18.1. The first-order valence-electron chi connectivity index (χ1n) is 10.8. The summed E-state index contributed by atoms with van der Waals surface area (Å²) in [6, 6.07) is 21.2. The Hall–Kier alpha value is -3.04. The Bertz CT molecular complexity index is 1250. The minimum absolute atomic E-state index is 0.169. The monoisotopic (exact) mass is 491 g/mol. The highest BCUT2D eigenvalue weighted by molar-refractivity contribution is 7.93. The largest absolute Gasteiger partial charge is 0.516 e. The van der Waals surface area contributed by atoms with Crippen molar-refractivity contribution in [2.45, 2.75) is 37.5 Å². The Morgan fingerprint density at radius 1 is 0.971 bits per heavy atom. The lowest BCUT2D eigenvalue weighted by molar-refractivity contribution is -0.0429. The van der Waals surface area contributed by atoms with Crippen molar-refractivity contribution in [1.82, 2.24) is 0 Å². The van der Waals surface area contributed by atoms with Crippen LogP contribution in [0.15, 0.2) is 72.8 Å². The highest BCUT2D eigenvalue weighted by atomic mass is 32.2. The van der Waals surface area contributed by atoms with Gasteiger partial charge >= 0.3 is 15.5 Å². The van der Waals surface area contributed by atoms with E-state index in [-0.39, 0.29) is 11.6 Å². The second-order valence-corrected chi connectivity index (χ2v) is 10.0. The average Bonchev–Trinajstić information content (AvgIpc) is 2.80. The quantitative estimate of drug-likeness (QED) is 0.466. The molecule has 180 valence electrons. The van der Waals surface area contributed by atoms with Crippen LogP contribution < -0.4 is 9.46 Å². The van der Waals surface area contributed by atoms with E-state index in [1.54, 1.807) is 10.8 Å². The van der Waals surface area contributed by atoms with Crippen LogP contribution in [0.5, 0.6) is 5.75 Å². The summed E-state index contributed by atoms with van der Waals surface area (Å²) in [5.41, 5.74) is -2.10. The van der Waals surface area contributed by atoms with Crippen LogP contribution >= 0.6 is 0 Å². The van der Waals surface area contributed by atoms with Crippen LogP contribution in [0, 0.1) is 5.92 Å². The fraction of sp³-hybridized carbons (Fsp3) is 0.280. The minimum atomic E-state index is -5.50. The molecule has 0 saturated carbocycles. The highest BCUT2D eigenvalue weighted by Crippen LogP contribution is 2.38. The molecular formula is C25H24F3NO4S. The second-order valence-electron chi connectivity index (χ2n) is 8.33. The predicted octanol–water partition coefficient (Wildman–Crippen LogP) is 5.37. The highest BCUT2D eigenvalue weighted by Gasteiger charge is 2.46. The van der Waals surface area contributed by atoms with Gasteiger partial charge in [0.2, 0.25) is 0 Å². The van der Waals surface area contributed by atoms with E-state index >= 15 is 0 Å². The zero-order chi connectivity index (χ0) is 24.3. The predicted molar refractivity (Wildman–Crippen MR) is 123 cm³/mol. The molecule has 0 aliphatic heterocycles. The third-order valence-electron chi connectivity index (χ3n) is 5.90. The Balaban J connectivity index is 1.46. The van der Waals surface area contributed by atoms with Gasteiger partial charge in [0.1, 0.15) is 12.4 Å². The molecule has 0 radical (unpaired) electrons. The van der Waals surface area contributed by atoms with Gasteiger partial charge in [0.05, 0.1) is 6.10 Å². The lowest BCUT2D eigenvalue weighted by Crippen LogP contribution is -2.30. The molecule has 0 amide bonds. The molecule has 0 fully saturated rings. The number of hydrogen-bond acceptors (Lipinski definition) is 4. The van der Waals surface area contributed by atoms with E-state index in [2.05, 4.69) is 0 Å². The van der Waals surface area contributed by atoms with Gasteiger partial charge in [0.25, 0.3) is 0 Å². The van der Waals surface area contributed by atoms with Gasteiger partial charge in [-0.3, -0.25) is 4.72 Å². The second kappa shape index (κ2) is 9.68. The van der Waals surface area contributed by atoms with E-state index in [1.165, 1.54) is 18.2 Å². The maximum Gasteiger partial charge on any atom is 0.516 e. The van der Waals surface area contributed by atoms with Crippen LogP contribution in [0.2, 0.25) is 0 Å². The molecule has 0 aromatic heterocycles. The van der Waals surface area contributed by atoms with Crippen molar-refractivity contribution in [1.29, 1.82) is 0 Å². The number of aliphatic hydroxyl groups excluding tert-OH is 1. The third-order valence-corrected chi connectivity index (χ3v) is 7.01. The lowest BCUT2D eigenvalue weighted by Gasteiger charge is -2.30. The van der Waals surface area contributed by atoms with Gasteiger partial charge in [-0.25, -0.2) is 0 Å². The minimum Gasteiger partial charge on any atom is -0.489 e. The molecule has 34 heavy (non-hydrogen) atoms. The van der Waals surface area contributed by atoms with Crippen molar-refractivity contribution >= 4 is 15.7 Å². The fourth-order valence-electron chi connectivity index (χ4n) is 4.15. The number of alkyl halides is 3. The molecule has 9 heteroatoms. The van der Waals surface area contributed by atoms with Gasteiger partial charge in [-0.15, -0.1) is 0 Å². The van der Waals surface area contributed by atoms with E-state index in [0.717, 1.165) is 23.1 Å². The van der Waals surface area contributed by atoms with Crippen molar-refractivity contribution in [2.24, 2.45) is 5.92 Å². The molecule has 4 rings (SSSR count). The maximum atomic E-state index is 12.7. The molecule has 2 N–H and O–H groups in total. The number of sulfonamides is 1. The average molecular weight is 492 g/mol. The van der Waals surface area contributed by atoms with Gasteiger partial charge in [-0.05, 0) is 71.7 Å². The number of aliphatic hydroxyl groups is 1. The summed E-state index contributed by atoms with van der Waals surface area (Å²) in [7, 11) is -5.50. The molecule has 0 heterocycles. The van der Waals surface area contributed by atoms with E-state index in [9.17, 15) is 26.7 Å². The van der Waals surface area contributed by atoms with Crippen molar-refractivity contribution < 1.29 is 31.4 Å². The van der Waals surface area contributed by atoms with Gasteiger partial charge in [-0.2, -0.15) is 21.6 Å². The number of hydrogen-bond donors (Lipinski definition) is 2. The lowest BCUT2D eigenvalue weighted by atomic mass is 9.78. The molecule has 0 spiro atoms. The number of fused-ring (bicyclic) bond motifs is 1. The summed E-state index contributed by atoms with van der Waals surface area (Å²) in [6.07, 6.45) is 1.05. The van der Waals surface area contributed by atoms with E-state index < -0.39 is 21.6 Å². The molecule has 2 unspecified atom stereocenters. The van der Waals surface area contributed by atoms with Crippen LogP contribution in [0.1, 0.15) is 34.8 Å². The SMILES string of the molecule is O=S(=O)(Nc1cccc(CC2CCc3ccc(OCc4ccccc4)cc3C2O)c1)C(F)(F)F. The van der Waals surface area contributed by atoms with Crippen LogP contribution in [0.25, 0.3) is 0 Å². The molecule has 0 bridgehead atoms. The summed E-state index contributed by atoms with van der Waals surface area (Å²) in [5, 5.41) is 11.0. The Morgan fingerprint density at radius 2 is 1.71 bits per heavy atom. The van der Waals surface area contributed by atoms with Crippen molar-refractivity contribution in [3.63, 3.8) is 0 Å². The summed E-state index contributed by atoms with van der Waals surface area (Å²) in [4.78, 5) is 0. The van der Waals surface area contributed by atoms with Crippen LogP contribution in [0.3, 0.4) is 0 Å². The number of rotatable bonds is 7. The molecule has 1 aliphatic rings. The molecule has 2 atom stereocenters. The van der Waals surface area contributed by atoms with Crippen molar-refractivity contribution in [3.05, 3.63) is 95.1 Å². The molecule has 5 nitrogen and oxygen atoms in total. The Morgan fingerprint density at radius 3 is 2.44 bits per heavy atom. The van der Waals surface area contributed by atoms with Crippen LogP contribution in [-0.2, 0) is 29.5 Å². The number of anilines is 1. The molecule has 3 aromatic rings.